The second-order valence-electron chi connectivity index (χ2n) is 21.3. The normalized spacial score (nSPS) is 19.7. The zero-order valence-electron chi connectivity index (χ0n) is 55.9. The quantitative estimate of drug-likeness (QED) is 0.0312. The number of ether oxygens (including phenoxy) is 2. The summed E-state index contributed by atoms with van der Waals surface area (Å²) in [4.78, 5) is 10.6. The fraction of sp³-hybridized carbons (Fsp3) is 0.983. The molecular weight excluding hydrogens is 1180 g/mol. The van der Waals surface area contributed by atoms with Crippen molar-refractivity contribution < 1.29 is 98.8 Å². The number of alkyl halides is 6. The summed E-state index contributed by atoms with van der Waals surface area (Å²) in [7, 11) is -7.46. The fourth-order valence-corrected chi connectivity index (χ4v) is 18.7. The lowest BCUT2D eigenvalue weighted by molar-refractivity contribution is -0.368. The zero-order valence-corrected chi connectivity index (χ0v) is 59.9. The Morgan fingerprint density at radius 2 is 0.702 bits per heavy atom. The molecule has 84 heavy (non-hydrogen) atoms. The molecule has 4 bridgehead atoms. The molecule has 5 rings (SSSR count). The van der Waals surface area contributed by atoms with Crippen LogP contribution in [-0.2, 0) is 67.4 Å². The number of hydrogen-bond acceptors (Lipinski definition) is 16. The average Bonchev–Trinajstić information content (AvgIpc) is 4.44. The van der Waals surface area contributed by atoms with Crippen LogP contribution in [0.2, 0.25) is 25.7 Å². The zero-order chi connectivity index (χ0) is 65.0. The van der Waals surface area contributed by atoms with Crippen LogP contribution in [0.5, 0.6) is 0 Å². The van der Waals surface area contributed by atoms with Crippen molar-refractivity contribution in [2.45, 2.75) is 256 Å². The lowest BCUT2D eigenvalue weighted by Crippen LogP contribution is -2.56. The summed E-state index contributed by atoms with van der Waals surface area (Å²) in [6, 6.07) is 0.830. The molecule has 0 atom stereocenters. The van der Waals surface area contributed by atoms with Crippen LogP contribution in [-0.4, -0.2) is 163 Å². The molecule has 0 saturated heterocycles. The van der Waals surface area contributed by atoms with Gasteiger partial charge in [-0.25, -0.2) is 0 Å². The number of aliphatic hydroxyl groups is 1. The van der Waals surface area contributed by atoms with Gasteiger partial charge in [-0.05, 0) is 165 Å². The van der Waals surface area contributed by atoms with E-state index in [2.05, 4.69) is 0 Å². The first-order chi connectivity index (χ1) is 39.4. The van der Waals surface area contributed by atoms with Crippen LogP contribution < -0.4 is 0 Å². The van der Waals surface area contributed by atoms with Gasteiger partial charge >= 0.3 is 53.5 Å². The largest absolute Gasteiger partial charge is 0.501 e. The van der Waals surface area contributed by atoms with Crippen LogP contribution in [0.3, 0.4) is 0 Å². The first-order valence-electron chi connectivity index (χ1n) is 31.6. The summed E-state index contributed by atoms with van der Waals surface area (Å²) in [5.74, 6) is 4.54. The van der Waals surface area contributed by atoms with Crippen molar-refractivity contribution in [2.75, 3.05) is 93.0 Å². The molecule has 0 aromatic heterocycles. The molecule has 5 aliphatic carbocycles. The molecule has 0 spiro atoms. The number of rotatable bonds is 30. The highest BCUT2D eigenvalue weighted by Crippen LogP contribution is 2.46. The Morgan fingerprint density at radius 3 is 0.845 bits per heavy atom. The third kappa shape index (κ3) is 38.8. The molecule has 5 fully saturated rings. The van der Waals surface area contributed by atoms with Gasteiger partial charge < -0.3 is 67.7 Å². The monoisotopic (exact) mass is 1300 g/mol. The Bertz CT molecular complexity index is 1360. The van der Waals surface area contributed by atoms with Crippen LogP contribution in [0.25, 0.3) is 0 Å². The molecule has 0 amide bonds. The highest BCUT2D eigenvalue weighted by molar-refractivity contribution is 6.61. The van der Waals surface area contributed by atoms with Gasteiger partial charge in [-0.1, -0.05) is 58.3 Å². The van der Waals surface area contributed by atoms with Gasteiger partial charge in [0.2, 0.25) is 0 Å². The highest BCUT2D eigenvalue weighted by Gasteiger charge is 2.69. The predicted molar refractivity (Wildman–Crippen MR) is 328 cm³/mol. The number of carbonyl (C=O) groups excluding carboxylic acids is 1. The Labute approximate surface area is 510 Å². The van der Waals surface area contributed by atoms with E-state index in [1.165, 1.54) is 43.4 Å². The molecule has 1 N–H and O–H groups in total. The summed E-state index contributed by atoms with van der Waals surface area (Å²) in [6.45, 7) is 41.8. The van der Waals surface area contributed by atoms with Crippen molar-refractivity contribution in [1.82, 2.24) is 0 Å². The van der Waals surface area contributed by atoms with Gasteiger partial charge in [0, 0.05) is 126 Å². The number of halogens is 6. The number of fused-ring (bicyclic) bond motifs is 4. The summed E-state index contributed by atoms with van der Waals surface area (Å²) in [5.41, 5.74) is -4.72. The van der Waals surface area contributed by atoms with Gasteiger partial charge in [0.25, 0.3) is 5.60 Å². The van der Waals surface area contributed by atoms with E-state index in [1.807, 2.05) is 110 Å². The van der Waals surface area contributed by atoms with E-state index in [9.17, 15) is 31.1 Å². The molecule has 0 heterocycles. The lowest BCUT2D eigenvalue weighted by atomic mass is 10.00. The maximum Gasteiger partial charge on any atom is 0.501 e. The van der Waals surface area contributed by atoms with Crippen molar-refractivity contribution in [3.63, 3.8) is 0 Å². The lowest BCUT2D eigenvalue weighted by Gasteiger charge is -2.30. The highest BCUT2D eigenvalue weighted by atomic mass is 28.4. The minimum absolute atomic E-state index is 0.133. The fourth-order valence-electron chi connectivity index (χ4n) is 10.7. The minimum Gasteiger partial charge on any atom is -0.460 e. The summed E-state index contributed by atoms with van der Waals surface area (Å²) >= 11 is 0. The summed E-state index contributed by atoms with van der Waals surface area (Å²) in [5, 5.41) is 8.24. The molecule has 5 aliphatic rings. The van der Waals surface area contributed by atoms with E-state index in [-0.39, 0.29) is 11.6 Å². The van der Waals surface area contributed by atoms with Gasteiger partial charge in [-0.3, -0.25) is 4.79 Å². The van der Waals surface area contributed by atoms with E-state index in [0.717, 1.165) is 31.9 Å². The van der Waals surface area contributed by atoms with Crippen molar-refractivity contribution in [3.8, 4) is 0 Å². The molecule has 0 radical (unpaired) electrons. The Balaban J connectivity index is -0.000000899. The third-order valence-corrected chi connectivity index (χ3v) is 24.8. The Morgan fingerprint density at radius 1 is 0.464 bits per heavy atom. The van der Waals surface area contributed by atoms with Gasteiger partial charge in [0.1, 0.15) is 5.60 Å². The molecule has 0 aliphatic heterocycles. The number of methoxy groups -OCH3 is 1. The topological polar surface area (TPSA) is 167 Å². The van der Waals surface area contributed by atoms with Crippen molar-refractivity contribution in [1.29, 1.82) is 0 Å². The molecule has 16 nitrogen and oxygen atoms in total. The summed E-state index contributed by atoms with van der Waals surface area (Å²) in [6.07, 6.45) is 8.23. The van der Waals surface area contributed by atoms with E-state index in [1.54, 1.807) is 71.3 Å². The molecule has 0 aromatic carbocycles. The van der Waals surface area contributed by atoms with Crippen LogP contribution >= 0.6 is 0 Å². The predicted octanol–water partition coefficient (Wildman–Crippen LogP) is 15.6. The maximum atomic E-state index is 11.6. The smallest absolute Gasteiger partial charge is 0.460 e. The standard InChI is InChI=1S/C10H24O4Si.C8H14O2.3C7H18O3Si.2C7H12.C5H6F6O/c1-5-12-15(13-6-2,14-7-3)10-8-9-11-4;1-7(9)10-8(2)5-3-4-6-8;3*1-5-8-11(4,9-6-2)10-7-3;2*1-2-7-4-3-6(1)5-7;1-2-3(12,4(6,7)8)5(9,10)11/h5-10H2,1-4H3;3-6H2,1-2H3;3*5-7H2,1-4H3;2*6-7H,1-5H2;12H,2H2,1H3. The molecular formula is C58H122F6O16Si4. The van der Waals surface area contributed by atoms with Crippen LogP contribution in [0.4, 0.5) is 26.3 Å². The van der Waals surface area contributed by atoms with E-state index < -0.39 is 59.6 Å². The Kier molecular flexibility index (Phi) is 50.2. The van der Waals surface area contributed by atoms with Crippen LogP contribution in [0, 0.1) is 23.7 Å². The number of hydrogen-bond donors (Lipinski definition) is 1. The molecule has 0 aromatic rings. The second kappa shape index (κ2) is 48.2. The minimum atomic E-state index is -5.68. The van der Waals surface area contributed by atoms with Crippen LogP contribution in [0.15, 0.2) is 0 Å². The number of esters is 1. The SMILES string of the molecule is C1CC2CCC1C2.C1CC2CCC1C2.CC(=O)OC1(C)CCCC1.CCC(O)(C(F)(F)F)C(F)(F)F.CCO[Si](C)(OCC)OCC.CCO[Si](C)(OCC)OCC.CCO[Si](C)(OCC)OCC.CCO[Si](CCCOC)(OCC)OCC. The van der Waals surface area contributed by atoms with E-state index >= 15 is 0 Å². The third-order valence-electron chi connectivity index (χ3n) is 14.3. The second-order valence-corrected chi connectivity index (χ2v) is 31.8. The van der Waals surface area contributed by atoms with E-state index in [0.29, 0.717) is 86.2 Å². The Hall–Kier alpha value is -0.642. The number of carbonyl (C=O) groups is 1. The van der Waals surface area contributed by atoms with Crippen LogP contribution in [0.1, 0.15) is 207 Å². The molecule has 508 valence electrons. The van der Waals surface area contributed by atoms with Gasteiger partial charge in [-0.15, -0.1) is 0 Å². The van der Waals surface area contributed by atoms with Gasteiger partial charge in [0.15, 0.2) is 0 Å². The molecule has 0 unspecified atom stereocenters. The first-order valence-corrected chi connectivity index (χ1v) is 40.2. The maximum absolute atomic E-state index is 11.6. The van der Waals surface area contributed by atoms with Crippen molar-refractivity contribution >= 4 is 41.2 Å². The molecule has 5 saturated carbocycles. The van der Waals surface area contributed by atoms with Crippen molar-refractivity contribution in [3.05, 3.63) is 0 Å². The molecule has 26 heteroatoms. The van der Waals surface area contributed by atoms with Gasteiger partial charge in [-0.2, -0.15) is 26.3 Å². The average molecular weight is 1300 g/mol. The van der Waals surface area contributed by atoms with E-state index in [4.69, 9.17) is 67.7 Å². The van der Waals surface area contributed by atoms with Gasteiger partial charge in [0.05, 0.1) is 0 Å². The summed E-state index contributed by atoms with van der Waals surface area (Å²) < 4.78 is 146. The van der Waals surface area contributed by atoms with Crippen molar-refractivity contribution in [2.24, 2.45) is 23.7 Å². The first kappa shape index (κ1) is 87.6.